The summed E-state index contributed by atoms with van der Waals surface area (Å²) in [6.07, 6.45) is 2.94. The van der Waals surface area contributed by atoms with Crippen LogP contribution in [0.15, 0.2) is 34.9 Å². The van der Waals surface area contributed by atoms with Crippen molar-refractivity contribution < 1.29 is 28.2 Å². The Balaban J connectivity index is 1.98. The Morgan fingerprint density at radius 1 is 1.06 bits per heavy atom. The van der Waals surface area contributed by atoms with Gasteiger partial charge in [-0.05, 0) is 30.5 Å². The van der Waals surface area contributed by atoms with Crippen molar-refractivity contribution in [1.82, 2.24) is 15.2 Å². The van der Waals surface area contributed by atoms with E-state index >= 15 is 0 Å². The van der Waals surface area contributed by atoms with E-state index in [1.807, 2.05) is 24.3 Å². The summed E-state index contributed by atoms with van der Waals surface area (Å²) in [5, 5.41) is 2.76. The average Bonchev–Trinajstić information content (AvgIpc) is 3.25. The van der Waals surface area contributed by atoms with Gasteiger partial charge in [-0.25, -0.2) is 4.98 Å². The lowest BCUT2D eigenvalue weighted by Crippen LogP contribution is -2.33. The average molecular weight is 434 g/mol. The lowest BCUT2D eigenvalue weighted by Gasteiger charge is -2.21. The third-order valence-corrected chi connectivity index (χ3v) is 4.56. The van der Waals surface area contributed by atoms with E-state index in [-0.39, 0.29) is 30.5 Å². The topological polar surface area (TPSA) is 103 Å². The second kappa shape index (κ2) is 13.4. The number of carbonyl (C=O) groups excluding carboxylic acids is 2. The Labute approximate surface area is 182 Å². The molecule has 0 saturated heterocycles. The first kappa shape index (κ1) is 24.4. The molecule has 0 radical (unpaired) electrons. The Bertz CT molecular complexity index is 806. The molecule has 1 aromatic carbocycles. The van der Waals surface area contributed by atoms with E-state index in [1.165, 1.54) is 6.26 Å². The fraction of sp³-hybridized carbons (Fsp3) is 0.500. The van der Waals surface area contributed by atoms with Gasteiger partial charge in [-0.1, -0.05) is 12.1 Å². The highest BCUT2D eigenvalue weighted by molar-refractivity contribution is 5.91. The fourth-order valence-electron chi connectivity index (χ4n) is 2.88. The first-order valence-electron chi connectivity index (χ1n) is 10.2. The number of ether oxygens (including phenoxy) is 3. The molecule has 0 unspecified atom stereocenters. The van der Waals surface area contributed by atoms with Crippen LogP contribution >= 0.6 is 0 Å². The van der Waals surface area contributed by atoms with Crippen molar-refractivity contribution in [1.29, 1.82) is 0 Å². The smallest absolute Gasteiger partial charge is 0.273 e. The maximum absolute atomic E-state index is 12.9. The molecule has 1 heterocycles. The van der Waals surface area contributed by atoms with Crippen LogP contribution in [0.2, 0.25) is 0 Å². The molecule has 0 fully saturated rings. The number of oxazole rings is 1. The van der Waals surface area contributed by atoms with Crippen LogP contribution in [-0.2, 0) is 27.2 Å². The normalized spacial score (nSPS) is 10.7. The van der Waals surface area contributed by atoms with Gasteiger partial charge in [0, 0.05) is 40.5 Å². The first-order valence-corrected chi connectivity index (χ1v) is 10.2. The van der Waals surface area contributed by atoms with Gasteiger partial charge >= 0.3 is 0 Å². The Hall–Kier alpha value is -2.91. The molecular weight excluding hydrogens is 402 g/mol. The summed E-state index contributed by atoms with van der Waals surface area (Å²) in [4.78, 5) is 31.0. The molecule has 0 aliphatic rings. The van der Waals surface area contributed by atoms with E-state index in [0.717, 1.165) is 11.3 Å². The highest BCUT2D eigenvalue weighted by atomic mass is 16.5. The summed E-state index contributed by atoms with van der Waals surface area (Å²) in [5.74, 6) is 0.662. The first-order chi connectivity index (χ1) is 15.1. The van der Waals surface area contributed by atoms with Gasteiger partial charge in [0.05, 0.1) is 20.1 Å². The zero-order valence-corrected chi connectivity index (χ0v) is 18.4. The van der Waals surface area contributed by atoms with E-state index in [4.69, 9.17) is 18.6 Å². The molecule has 0 aliphatic heterocycles. The number of aromatic nitrogens is 1. The molecule has 2 aromatic rings. The second-order valence-corrected chi connectivity index (χ2v) is 6.92. The monoisotopic (exact) mass is 433 g/mol. The number of hydrogen-bond donors (Lipinski definition) is 1. The van der Waals surface area contributed by atoms with Crippen LogP contribution in [-0.4, -0.2) is 69.3 Å². The Morgan fingerprint density at radius 3 is 2.45 bits per heavy atom. The van der Waals surface area contributed by atoms with Gasteiger partial charge in [0.2, 0.25) is 11.8 Å². The number of nitrogens with zero attached hydrogens (tertiary/aromatic N) is 2. The molecule has 1 N–H and O–H groups in total. The molecule has 0 atom stereocenters. The molecule has 9 nitrogen and oxygen atoms in total. The number of amides is 2. The summed E-state index contributed by atoms with van der Waals surface area (Å²) in [6, 6.07) is 7.37. The van der Waals surface area contributed by atoms with Crippen LogP contribution in [0, 0.1) is 0 Å². The molecule has 9 heteroatoms. The fourth-order valence-corrected chi connectivity index (χ4v) is 2.88. The van der Waals surface area contributed by atoms with Crippen LogP contribution in [0.25, 0.3) is 0 Å². The van der Waals surface area contributed by atoms with Crippen LogP contribution in [0.4, 0.5) is 0 Å². The molecule has 0 spiro atoms. The SMILES string of the molecule is COCCCNC(=O)c1coc(CN(CCCOC)C(=O)Cc2ccc(OC)cc2)n1. The van der Waals surface area contributed by atoms with Crippen LogP contribution < -0.4 is 10.1 Å². The highest BCUT2D eigenvalue weighted by Crippen LogP contribution is 2.14. The maximum Gasteiger partial charge on any atom is 0.273 e. The summed E-state index contributed by atoms with van der Waals surface area (Å²) in [6.45, 7) is 2.25. The summed E-state index contributed by atoms with van der Waals surface area (Å²) >= 11 is 0. The molecule has 1 aromatic heterocycles. The van der Waals surface area contributed by atoms with E-state index < -0.39 is 0 Å². The van der Waals surface area contributed by atoms with Crippen molar-refractivity contribution in [2.45, 2.75) is 25.8 Å². The molecular formula is C22H31N3O6. The third kappa shape index (κ3) is 8.39. The standard InChI is InChI=1S/C22H31N3O6/c1-28-12-4-10-23-22(27)19-16-31-20(24-19)15-25(11-5-13-29-2)21(26)14-17-6-8-18(30-3)9-7-17/h6-9,16H,4-5,10-15H2,1-3H3,(H,23,27). The number of nitrogens with one attached hydrogen (secondary N) is 1. The second-order valence-electron chi connectivity index (χ2n) is 6.92. The molecule has 0 saturated carbocycles. The molecule has 170 valence electrons. The van der Waals surface area contributed by atoms with Crippen molar-refractivity contribution in [3.8, 4) is 5.75 Å². The molecule has 31 heavy (non-hydrogen) atoms. The van der Waals surface area contributed by atoms with Crippen molar-refractivity contribution in [3.05, 3.63) is 47.7 Å². The summed E-state index contributed by atoms with van der Waals surface area (Å²) in [5.41, 5.74) is 1.07. The highest BCUT2D eigenvalue weighted by Gasteiger charge is 2.19. The zero-order chi connectivity index (χ0) is 22.5. The van der Waals surface area contributed by atoms with Crippen molar-refractivity contribution in [2.24, 2.45) is 0 Å². The van der Waals surface area contributed by atoms with Gasteiger partial charge in [-0.2, -0.15) is 0 Å². The van der Waals surface area contributed by atoms with Crippen LogP contribution in [0.1, 0.15) is 34.8 Å². The third-order valence-electron chi connectivity index (χ3n) is 4.56. The number of methoxy groups -OCH3 is 3. The number of rotatable bonds is 14. The predicted molar refractivity (Wildman–Crippen MR) is 114 cm³/mol. The van der Waals surface area contributed by atoms with Crippen LogP contribution in [0.5, 0.6) is 5.75 Å². The molecule has 0 bridgehead atoms. The summed E-state index contributed by atoms with van der Waals surface area (Å²) in [7, 11) is 4.83. The Kier molecular flexibility index (Phi) is 10.5. The summed E-state index contributed by atoms with van der Waals surface area (Å²) < 4.78 is 20.7. The van der Waals surface area contributed by atoms with Crippen molar-refractivity contribution in [2.75, 3.05) is 47.6 Å². The van der Waals surface area contributed by atoms with Crippen molar-refractivity contribution >= 4 is 11.8 Å². The lowest BCUT2D eigenvalue weighted by molar-refractivity contribution is -0.131. The van der Waals surface area contributed by atoms with E-state index in [1.54, 1.807) is 26.2 Å². The van der Waals surface area contributed by atoms with Gasteiger partial charge in [-0.15, -0.1) is 0 Å². The van der Waals surface area contributed by atoms with Gasteiger partial charge in [0.15, 0.2) is 5.69 Å². The largest absolute Gasteiger partial charge is 0.497 e. The maximum atomic E-state index is 12.9. The minimum absolute atomic E-state index is 0.0648. The van der Waals surface area contributed by atoms with E-state index in [9.17, 15) is 9.59 Å². The van der Waals surface area contributed by atoms with Gasteiger partial charge in [0.1, 0.15) is 12.0 Å². The van der Waals surface area contributed by atoms with E-state index in [0.29, 0.717) is 45.0 Å². The molecule has 0 aliphatic carbocycles. The minimum atomic E-state index is -0.318. The number of hydrogen-bond acceptors (Lipinski definition) is 7. The lowest BCUT2D eigenvalue weighted by atomic mass is 10.1. The number of carbonyl (C=O) groups is 2. The number of benzene rings is 1. The van der Waals surface area contributed by atoms with E-state index in [2.05, 4.69) is 10.3 Å². The van der Waals surface area contributed by atoms with Gasteiger partial charge in [0.25, 0.3) is 5.91 Å². The predicted octanol–water partition coefficient (Wildman–Crippen LogP) is 2.06. The molecule has 2 amide bonds. The van der Waals surface area contributed by atoms with Crippen LogP contribution in [0.3, 0.4) is 0 Å². The Morgan fingerprint density at radius 2 is 1.77 bits per heavy atom. The minimum Gasteiger partial charge on any atom is -0.497 e. The van der Waals surface area contributed by atoms with Crippen molar-refractivity contribution in [3.63, 3.8) is 0 Å². The van der Waals surface area contributed by atoms with Gasteiger partial charge in [-0.3, -0.25) is 9.59 Å². The quantitative estimate of drug-likeness (QED) is 0.455. The molecule has 2 rings (SSSR count). The zero-order valence-electron chi connectivity index (χ0n) is 18.4. The van der Waals surface area contributed by atoms with Gasteiger partial charge < -0.3 is 28.8 Å².